The van der Waals surface area contributed by atoms with Gasteiger partial charge in [-0.05, 0) is 43.0 Å². The van der Waals surface area contributed by atoms with Crippen LogP contribution in [0.1, 0.15) is 32.1 Å². The van der Waals surface area contributed by atoms with Gasteiger partial charge in [-0.15, -0.1) is 0 Å². The average molecular weight is 329 g/mol. The number of sulfonamides is 1. The van der Waals surface area contributed by atoms with E-state index >= 15 is 0 Å². The Hall–Kier alpha value is -1.47. The standard InChI is InChI=1S/C15H20FNO4S/c16-13-6-8-14(9-7-13)22(19,20)17-10-15(18)21-11-12-4-2-1-3-5-12/h6-9,12,17H,1-5,10-11H2. The highest BCUT2D eigenvalue weighted by atomic mass is 32.2. The van der Waals surface area contributed by atoms with Gasteiger partial charge in [0.05, 0.1) is 11.5 Å². The minimum atomic E-state index is -3.83. The zero-order valence-electron chi connectivity index (χ0n) is 12.3. The molecule has 22 heavy (non-hydrogen) atoms. The number of hydrogen-bond acceptors (Lipinski definition) is 4. The van der Waals surface area contributed by atoms with Crippen molar-refractivity contribution >= 4 is 16.0 Å². The van der Waals surface area contributed by atoms with Gasteiger partial charge in [0.1, 0.15) is 12.4 Å². The van der Waals surface area contributed by atoms with Crippen molar-refractivity contribution in [1.82, 2.24) is 4.72 Å². The SMILES string of the molecule is O=C(CNS(=O)(=O)c1ccc(F)cc1)OCC1CCCCC1. The molecule has 2 rings (SSSR count). The van der Waals surface area contributed by atoms with Crippen molar-refractivity contribution in [2.24, 2.45) is 5.92 Å². The van der Waals surface area contributed by atoms with Crippen molar-refractivity contribution in [2.75, 3.05) is 13.2 Å². The third-order valence-corrected chi connectivity index (χ3v) is 5.15. The summed E-state index contributed by atoms with van der Waals surface area (Å²) in [5.74, 6) is -0.742. The number of hydrogen-bond donors (Lipinski definition) is 1. The van der Waals surface area contributed by atoms with E-state index in [1.54, 1.807) is 0 Å². The quantitative estimate of drug-likeness (QED) is 0.812. The van der Waals surface area contributed by atoms with Crippen molar-refractivity contribution in [3.63, 3.8) is 0 Å². The van der Waals surface area contributed by atoms with Gasteiger partial charge in [-0.2, -0.15) is 4.72 Å². The van der Waals surface area contributed by atoms with Gasteiger partial charge in [0, 0.05) is 0 Å². The summed E-state index contributed by atoms with van der Waals surface area (Å²) < 4.78 is 43.9. The Bertz CT molecular complexity index is 594. The number of nitrogens with one attached hydrogen (secondary N) is 1. The van der Waals surface area contributed by atoms with Crippen molar-refractivity contribution in [3.05, 3.63) is 30.1 Å². The molecule has 1 fully saturated rings. The monoisotopic (exact) mass is 329 g/mol. The van der Waals surface area contributed by atoms with Crippen LogP contribution in [0.15, 0.2) is 29.2 Å². The molecule has 0 unspecified atom stereocenters. The highest BCUT2D eigenvalue weighted by molar-refractivity contribution is 7.89. The van der Waals surface area contributed by atoms with Gasteiger partial charge in [0.15, 0.2) is 0 Å². The molecule has 1 aromatic carbocycles. The highest BCUT2D eigenvalue weighted by Gasteiger charge is 2.18. The van der Waals surface area contributed by atoms with E-state index in [1.165, 1.54) is 6.42 Å². The third-order valence-electron chi connectivity index (χ3n) is 3.74. The first-order valence-corrected chi connectivity index (χ1v) is 8.86. The molecule has 0 aliphatic heterocycles. The van der Waals surface area contributed by atoms with E-state index in [0.29, 0.717) is 12.5 Å². The van der Waals surface area contributed by atoms with E-state index in [0.717, 1.165) is 49.9 Å². The number of ether oxygens (including phenoxy) is 1. The fourth-order valence-electron chi connectivity index (χ4n) is 2.47. The van der Waals surface area contributed by atoms with Crippen LogP contribution in [0.4, 0.5) is 4.39 Å². The zero-order chi connectivity index (χ0) is 16.0. The summed E-state index contributed by atoms with van der Waals surface area (Å²) in [5, 5.41) is 0. The van der Waals surface area contributed by atoms with Crippen molar-refractivity contribution in [2.45, 2.75) is 37.0 Å². The number of carbonyl (C=O) groups excluding carboxylic acids is 1. The van der Waals surface area contributed by atoms with Crippen LogP contribution in [0.3, 0.4) is 0 Å². The lowest BCUT2D eigenvalue weighted by molar-refractivity contribution is -0.143. The third kappa shape index (κ3) is 5.06. The molecule has 0 saturated heterocycles. The fraction of sp³-hybridized carbons (Fsp3) is 0.533. The number of benzene rings is 1. The second kappa shape index (κ2) is 7.69. The van der Waals surface area contributed by atoms with Crippen molar-refractivity contribution < 1.29 is 22.3 Å². The van der Waals surface area contributed by atoms with Gasteiger partial charge in [-0.3, -0.25) is 4.79 Å². The number of rotatable bonds is 6. The molecule has 0 bridgehead atoms. The summed E-state index contributed by atoms with van der Waals surface area (Å²) in [6.07, 6.45) is 5.63. The Morgan fingerprint density at radius 2 is 1.82 bits per heavy atom. The van der Waals surface area contributed by atoms with E-state index in [-0.39, 0.29) is 4.90 Å². The molecule has 1 saturated carbocycles. The second-order valence-electron chi connectivity index (χ2n) is 5.47. The fourth-order valence-corrected chi connectivity index (χ4v) is 3.44. The van der Waals surface area contributed by atoms with E-state index in [4.69, 9.17) is 4.74 Å². The first kappa shape index (κ1) is 16.9. The van der Waals surface area contributed by atoms with Crippen molar-refractivity contribution in [3.8, 4) is 0 Å². The minimum Gasteiger partial charge on any atom is -0.464 e. The van der Waals surface area contributed by atoms with Crippen LogP contribution in [-0.4, -0.2) is 27.5 Å². The molecule has 0 aromatic heterocycles. The molecule has 1 N–H and O–H groups in total. The number of esters is 1. The summed E-state index contributed by atoms with van der Waals surface area (Å²) in [6, 6.07) is 4.39. The normalized spacial score (nSPS) is 16.4. The topological polar surface area (TPSA) is 72.5 Å². The zero-order valence-corrected chi connectivity index (χ0v) is 13.1. The summed E-state index contributed by atoms with van der Waals surface area (Å²) in [5.41, 5.74) is 0. The molecule has 0 amide bonds. The number of halogens is 1. The van der Waals surface area contributed by atoms with Gasteiger partial charge in [0.25, 0.3) is 0 Å². The predicted octanol–water partition coefficient (Wildman–Crippen LogP) is 2.23. The predicted molar refractivity (Wildman–Crippen MR) is 79.1 cm³/mol. The van der Waals surface area contributed by atoms with Crippen LogP contribution in [0, 0.1) is 11.7 Å². The molecule has 0 spiro atoms. The Morgan fingerprint density at radius 1 is 1.18 bits per heavy atom. The lowest BCUT2D eigenvalue weighted by Gasteiger charge is -2.21. The Balaban J connectivity index is 1.78. The van der Waals surface area contributed by atoms with Crippen LogP contribution in [0.25, 0.3) is 0 Å². The Kier molecular flexibility index (Phi) is 5.90. The van der Waals surface area contributed by atoms with Gasteiger partial charge < -0.3 is 4.74 Å². The maximum atomic E-state index is 12.8. The largest absolute Gasteiger partial charge is 0.464 e. The van der Waals surface area contributed by atoms with Crippen LogP contribution in [-0.2, 0) is 19.6 Å². The van der Waals surface area contributed by atoms with Crippen LogP contribution in [0.5, 0.6) is 0 Å². The molecule has 122 valence electrons. The first-order chi connectivity index (χ1) is 10.5. The van der Waals surface area contributed by atoms with Crippen molar-refractivity contribution in [1.29, 1.82) is 0 Å². The summed E-state index contributed by atoms with van der Waals surface area (Å²) in [6.45, 7) is -0.0798. The molecule has 0 atom stereocenters. The van der Waals surface area contributed by atoms with Gasteiger partial charge in [0.2, 0.25) is 10.0 Å². The first-order valence-electron chi connectivity index (χ1n) is 7.38. The Morgan fingerprint density at radius 3 is 2.45 bits per heavy atom. The molecule has 0 heterocycles. The highest BCUT2D eigenvalue weighted by Crippen LogP contribution is 2.23. The minimum absolute atomic E-state index is 0.0889. The lowest BCUT2D eigenvalue weighted by atomic mass is 9.90. The molecule has 5 nitrogen and oxygen atoms in total. The molecular formula is C15H20FNO4S. The lowest BCUT2D eigenvalue weighted by Crippen LogP contribution is -2.31. The molecular weight excluding hydrogens is 309 g/mol. The molecule has 1 aliphatic carbocycles. The summed E-state index contributed by atoms with van der Waals surface area (Å²) >= 11 is 0. The molecule has 7 heteroatoms. The van der Waals surface area contributed by atoms with Gasteiger partial charge in [-0.1, -0.05) is 19.3 Å². The molecule has 0 radical (unpaired) electrons. The average Bonchev–Trinajstić information content (AvgIpc) is 2.52. The smallest absolute Gasteiger partial charge is 0.321 e. The molecule has 1 aliphatic rings. The molecule has 1 aromatic rings. The maximum absolute atomic E-state index is 12.8. The van der Waals surface area contributed by atoms with E-state index in [1.807, 2.05) is 0 Å². The van der Waals surface area contributed by atoms with Crippen LogP contribution < -0.4 is 4.72 Å². The summed E-state index contributed by atoms with van der Waals surface area (Å²) in [7, 11) is -3.83. The second-order valence-corrected chi connectivity index (χ2v) is 7.23. The van der Waals surface area contributed by atoms with E-state index < -0.39 is 28.4 Å². The van der Waals surface area contributed by atoms with Crippen LogP contribution in [0.2, 0.25) is 0 Å². The van der Waals surface area contributed by atoms with Gasteiger partial charge in [-0.25, -0.2) is 12.8 Å². The number of carbonyl (C=O) groups is 1. The van der Waals surface area contributed by atoms with Gasteiger partial charge >= 0.3 is 5.97 Å². The van der Waals surface area contributed by atoms with Crippen LogP contribution >= 0.6 is 0 Å². The van der Waals surface area contributed by atoms with E-state index in [2.05, 4.69) is 4.72 Å². The Labute approximate surface area is 129 Å². The van der Waals surface area contributed by atoms with E-state index in [9.17, 15) is 17.6 Å². The maximum Gasteiger partial charge on any atom is 0.321 e. The summed E-state index contributed by atoms with van der Waals surface area (Å²) in [4.78, 5) is 11.5.